The van der Waals surface area contributed by atoms with E-state index in [-0.39, 0.29) is 11.3 Å². The number of likely N-dealkylation sites (tertiary alicyclic amines) is 1. The molecule has 1 aliphatic heterocycles. The van der Waals surface area contributed by atoms with Gasteiger partial charge in [-0.3, -0.25) is 14.5 Å². The molecule has 2 rings (SSSR count). The predicted octanol–water partition coefficient (Wildman–Crippen LogP) is -0.819. The number of benzene rings is 1. The average molecular weight is 297 g/mol. The van der Waals surface area contributed by atoms with Gasteiger partial charge >= 0.3 is 0 Å². The van der Waals surface area contributed by atoms with Gasteiger partial charge < -0.3 is 5.73 Å². The normalized spacial score (nSPS) is 19.7. The number of carbonyl (C=O) groups is 2. The van der Waals surface area contributed by atoms with Crippen molar-refractivity contribution in [2.24, 2.45) is 5.73 Å². The van der Waals surface area contributed by atoms with Crippen LogP contribution in [-0.2, 0) is 26.2 Å². The summed E-state index contributed by atoms with van der Waals surface area (Å²) in [5, 5.41) is 0. The smallest absolute Gasteiger partial charge is 0.247 e. The average Bonchev–Trinajstić information content (AvgIpc) is 2.66. The van der Waals surface area contributed by atoms with Crippen LogP contribution in [0.4, 0.5) is 0 Å². The SMILES string of the molecule is CN1C(=O)CC(NS(=O)(=O)c2ccc(CN)cc2)C1=O. The Hall–Kier alpha value is -1.77. The van der Waals surface area contributed by atoms with Crippen LogP contribution in [0, 0.1) is 0 Å². The second-order valence-corrected chi connectivity index (χ2v) is 6.23. The maximum atomic E-state index is 12.1. The van der Waals surface area contributed by atoms with Crippen LogP contribution in [0.15, 0.2) is 29.2 Å². The molecule has 1 aromatic rings. The Bertz CT molecular complexity index is 639. The van der Waals surface area contributed by atoms with Crippen LogP contribution < -0.4 is 10.5 Å². The summed E-state index contributed by atoms with van der Waals surface area (Å²) in [5.41, 5.74) is 6.24. The molecular weight excluding hydrogens is 282 g/mol. The Balaban J connectivity index is 2.19. The number of amides is 2. The summed E-state index contributed by atoms with van der Waals surface area (Å²) in [6, 6.07) is 4.99. The van der Waals surface area contributed by atoms with Crippen molar-refractivity contribution in [2.75, 3.05) is 7.05 Å². The molecule has 0 bridgehead atoms. The van der Waals surface area contributed by atoms with Crippen LogP contribution in [0.5, 0.6) is 0 Å². The van der Waals surface area contributed by atoms with Crippen molar-refractivity contribution in [2.45, 2.75) is 23.9 Å². The summed E-state index contributed by atoms with van der Waals surface area (Å²) in [6.45, 7) is 0.314. The molecular formula is C12H15N3O4S. The number of hydrogen-bond donors (Lipinski definition) is 2. The van der Waals surface area contributed by atoms with E-state index in [0.29, 0.717) is 6.54 Å². The molecule has 0 radical (unpaired) electrons. The Labute approximate surface area is 116 Å². The number of nitrogens with zero attached hydrogens (tertiary/aromatic N) is 1. The van der Waals surface area contributed by atoms with Gasteiger partial charge in [-0.15, -0.1) is 0 Å². The van der Waals surface area contributed by atoms with Gasteiger partial charge in [0.2, 0.25) is 21.8 Å². The molecule has 1 unspecified atom stereocenters. The lowest BCUT2D eigenvalue weighted by atomic mass is 10.2. The van der Waals surface area contributed by atoms with E-state index in [4.69, 9.17) is 5.73 Å². The highest BCUT2D eigenvalue weighted by atomic mass is 32.2. The van der Waals surface area contributed by atoms with Crippen LogP contribution in [-0.4, -0.2) is 38.2 Å². The Morgan fingerprint density at radius 1 is 1.30 bits per heavy atom. The Kier molecular flexibility index (Phi) is 3.89. The van der Waals surface area contributed by atoms with E-state index in [1.807, 2.05) is 0 Å². The Morgan fingerprint density at radius 2 is 1.90 bits per heavy atom. The molecule has 20 heavy (non-hydrogen) atoms. The number of sulfonamides is 1. The second-order valence-electron chi connectivity index (χ2n) is 4.52. The molecule has 0 saturated carbocycles. The van der Waals surface area contributed by atoms with Crippen LogP contribution in [0.25, 0.3) is 0 Å². The molecule has 108 valence electrons. The first kappa shape index (κ1) is 14.6. The molecule has 3 N–H and O–H groups in total. The van der Waals surface area contributed by atoms with Crippen molar-refractivity contribution in [1.29, 1.82) is 0 Å². The lowest BCUT2D eigenvalue weighted by Gasteiger charge is -2.12. The molecule has 1 heterocycles. The third kappa shape index (κ3) is 2.72. The monoisotopic (exact) mass is 297 g/mol. The Morgan fingerprint density at radius 3 is 2.35 bits per heavy atom. The van der Waals surface area contributed by atoms with Gasteiger partial charge in [0, 0.05) is 13.6 Å². The maximum absolute atomic E-state index is 12.1. The van der Waals surface area contributed by atoms with E-state index in [1.165, 1.54) is 19.2 Å². The fourth-order valence-corrected chi connectivity index (χ4v) is 3.10. The molecule has 7 nitrogen and oxygen atoms in total. The van der Waals surface area contributed by atoms with E-state index in [9.17, 15) is 18.0 Å². The minimum Gasteiger partial charge on any atom is -0.326 e. The third-order valence-corrected chi connectivity index (χ3v) is 4.64. The van der Waals surface area contributed by atoms with Crippen molar-refractivity contribution in [3.8, 4) is 0 Å². The molecule has 1 aliphatic rings. The van der Waals surface area contributed by atoms with Gasteiger partial charge in [0.15, 0.2) is 0 Å². The van der Waals surface area contributed by atoms with E-state index < -0.39 is 27.9 Å². The number of carbonyl (C=O) groups excluding carboxylic acids is 2. The standard InChI is InChI=1S/C12H15N3O4S/c1-15-11(16)6-10(12(15)17)14-20(18,19)9-4-2-8(7-13)3-5-9/h2-5,10,14H,6-7,13H2,1H3. The molecule has 1 saturated heterocycles. The number of hydrogen-bond acceptors (Lipinski definition) is 5. The fourth-order valence-electron chi connectivity index (χ4n) is 1.91. The first-order valence-electron chi connectivity index (χ1n) is 5.97. The summed E-state index contributed by atoms with van der Waals surface area (Å²) >= 11 is 0. The third-order valence-electron chi connectivity index (χ3n) is 3.15. The fraction of sp³-hybridized carbons (Fsp3) is 0.333. The molecule has 0 spiro atoms. The van der Waals surface area contributed by atoms with Gasteiger partial charge in [-0.05, 0) is 17.7 Å². The van der Waals surface area contributed by atoms with Gasteiger partial charge in [-0.25, -0.2) is 8.42 Å². The van der Waals surface area contributed by atoms with E-state index in [0.717, 1.165) is 10.5 Å². The van der Waals surface area contributed by atoms with Crippen molar-refractivity contribution < 1.29 is 18.0 Å². The first-order valence-corrected chi connectivity index (χ1v) is 7.45. The predicted molar refractivity (Wildman–Crippen MR) is 70.8 cm³/mol. The number of rotatable bonds is 4. The highest BCUT2D eigenvalue weighted by Crippen LogP contribution is 2.16. The minimum atomic E-state index is -3.84. The number of imide groups is 1. The molecule has 1 atom stereocenters. The van der Waals surface area contributed by atoms with Crippen molar-refractivity contribution in [3.63, 3.8) is 0 Å². The van der Waals surface area contributed by atoms with Crippen molar-refractivity contribution >= 4 is 21.8 Å². The molecule has 0 aliphatic carbocycles. The lowest BCUT2D eigenvalue weighted by molar-refractivity contribution is -0.137. The zero-order valence-corrected chi connectivity index (χ0v) is 11.7. The number of likely N-dealkylation sites (N-methyl/N-ethyl adjacent to an activating group) is 1. The van der Waals surface area contributed by atoms with Gasteiger partial charge in [-0.2, -0.15) is 4.72 Å². The minimum absolute atomic E-state index is 0.0319. The van der Waals surface area contributed by atoms with Crippen LogP contribution in [0.3, 0.4) is 0 Å². The molecule has 0 aromatic heterocycles. The molecule has 1 aromatic carbocycles. The highest BCUT2D eigenvalue weighted by Gasteiger charge is 2.38. The van der Waals surface area contributed by atoms with Gasteiger partial charge in [0.05, 0.1) is 11.3 Å². The van der Waals surface area contributed by atoms with Crippen molar-refractivity contribution in [3.05, 3.63) is 29.8 Å². The molecule has 8 heteroatoms. The lowest BCUT2D eigenvalue weighted by Crippen LogP contribution is -2.40. The van der Waals surface area contributed by atoms with Crippen LogP contribution in [0.1, 0.15) is 12.0 Å². The first-order chi connectivity index (χ1) is 9.35. The topological polar surface area (TPSA) is 110 Å². The zero-order chi connectivity index (χ0) is 14.9. The van der Waals surface area contributed by atoms with Crippen LogP contribution in [0.2, 0.25) is 0 Å². The van der Waals surface area contributed by atoms with E-state index >= 15 is 0 Å². The quantitative estimate of drug-likeness (QED) is 0.706. The van der Waals surface area contributed by atoms with Crippen molar-refractivity contribution in [1.82, 2.24) is 9.62 Å². The summed E-state index contributed by atoms with van der Waals surface area (Å²) in [4.78, 5) is 24.0. The summed E-state index contributed by atoms with van der Waals surface area (Å²) in [5.74, 6) is -0.946. The maximum Gasteiger partial charge on any atom is 0.247 e. The summed E-state index contributed by atoms with van der Waals surface area (Å²) in [6.07, 6.45) is -0.157. The second kappa shape index (κ2) is 5.31. The van der Waals surface area contributed by atoms with E-state index in [2.05, 4.69) is 4.72 Å². The summed E-state index contributed by atoms with van der Waals surface area (Å²) < 4.78 is 26.5. The summed E-state index contributed by atoms with van der Waals surface area (Å²) in [7, 11) is -2.51. The molecule has 1 fully saturated rings. The van der Waals surface area contributed by atoms with Crippen LogP contribution >= 0.6 is 0 Å². The number of nitrogens with two attached hydrogens (primary N) is 1. The number of nitrogens with one attached hydrogen (secondary N) is 1. The van der Waals surface area contributed by atoms with Gasteiger partial charge in [0.1, 0.15) is 6.04 Å². The van der Waals surface area contributed by atoms with Gasteiger partial charge in [0.25, 0.3) is 0 Å². The molecule has 2 amide bonds. The highest BCUT2D eigenvalue weighted by molar-refractivity contribution is 7.89. The van der Waals surface area contributed by atoms with Gasteiger partial charge in [-0.1, -0.05) is 12.1 Å². The van der Waals surface area contributed by atoms with E-state index in [1.54, 1.807) is 12.1 Å². The zero-order valence-electron chi connectivity index (χ0n) is 10.9. The largest absolute Gasteiger partial charge is 0.326 e.